The summed E-state index contributed by atoms with van der Waals surface area (Å²) in [7, 11) is 0. The second kappa shape index (κ2) is 6.33. The van der Waals surface area contributed by atoms with Gasteiger partial charge in [0.15, 0.2) is 0 Å². The van der Waals surface area contributed by atoms with E-state index in [4.69, 9.17) is 16.9 Å². The molecule has 0 aliphatic heterocycles. The van der Waals surface area contributed by atoms with Crippen LogP contribution in [0, 0.1) is 17.1 Å². The Labute approximate surface area is 115 Å². The van der Waals surface area contributed by atoms with E-state index in [1.807, 2.05) is 0 Å². The van der Waals surface area contributed by atoms with Gasteiger partial charge in [-0.1, -0.05) is 11.6 Å². The van der Waals surface area contributed by atoms with E-state index < -0.39 is 17.6 Å². The average Bonchev–Trinajstić information content (AvgIpc) is 2.30. The number of halogens is 3. The first-order valence-electron chi connectivity index (χ1n) is 4.56. The fraction of sp³-hybridized carbons (Fsp3) is 0.100. The average molecular weight is 335 g/mol. The van der Waals surface area contributed by atoms with Crippen molar-refractivity contribution < 1.29 is 14.0 Å². The normalized spacial score (nSPS) is 9.44. The minimum absolute atomic E-state index is 0.0525. The van der Waals surface area contributed by atoms with Crippen LogP contribution in [0.3, 0.4) is 0 Å². The maximum atomic E-state index is 12.9. The molecule has 0 atom stereocenters. The van der Waals surface area contributed by atoms with E-state index in [0.717, 1.165) is 12.1 Å². The van der Waals surface area contributed by atoms with Crippen molar-refractivity contribution in [2.75, 3.05) is 11.9 Å². The van der Waals surface area contributed by atoms with Crippen LogP contribution in [0.2, 0.25) is 5.02 Å². The predicted octanol–water partition coefficient (Wildman–Crippen LogP) is 1.82. The van der Waals surface area contributed by atoms with E-state index in [1.54, 1.807) is 6.07 Å². The fourth-order valence-electron chi connectivity index (χ4n) is 1.03. The molecule has 0 radical (unpaired) electrons. The molecule has 0 fully saturated rings. The van der Waals surface area contributed by atoms with Gasteiger partial charge in [-0.25, -0.2) is 4.39 Å². The second-order valence-electron chi connectivity index (χ2n) is 3.04. The highest BCUT2D eigenvalue weighted by Gasteiger charge is 2.17. The van der Waals surface area contributed by atoms with Crippen molar-refractivity contribution in [3.8, 4) is 6.07 Å². The number of rotatable bonds is 2. The van der Waals surface area contributed by atoms with Gasteiger partial charge in [0.05, 0.1) is 16.8 Å². The van der Waals surface area contributed by atoms with E-state index in [2.05, 4.69) is 26.6 Å². The van der Waals surface area contributed by atoms with Crippen LogP contribution in [0.15, 0.2) is 16.6 Å². The lowest BCUT2D eigenvalue weighted by Crippen LogP contribution is -2.35. The first kappa shape index (κ1) is 14.4. The Kier molecular flexibility index (Phi) is 5.07. The van der Waals surface area contributed by atoms with Crippen LogP contribution in [0.5, 0.6) is 0 Å². The lowest BCUT2D eigenvalue weighted by Gasteiger charge is -2.09. The number of nitrogens with one attached hydrogen (secondary N) is 2. The van der Waals surface area contributed by atoms with Gasteiger partial charge in [-0.2, -0.15) is 5.26 Å². The van der Waals surface area contributed by atoms with Gasteiger partial charge in [-0.3, -0.25) is 9.59 Å². The maximum Gasteiger partial charge on any atom is 0.313 e. The molecule has 0 saturated carbocycles. The van der Waals surface area contributed by atoms with Crippen molar-refractivity contribution in [1.29, 1.82) is 5.26 Å². The number of amides is 2. The molecule has 94 valence electrons. The molecule has 0 unspecified atom stereocenters. The molecule has 0 bridgehead atoms. The van der Waals surface area contributed by atoms with Gasteiger partial charge >= 0.3 is 11.8 Å². The molecule has 1 aromatic carbocycles. The highest BCUT2D eigenvalue weighted by Crippen LogP contribution is 2.31. The van der Waals surface area contributed by atoms with Crippen LogP contribution in [0.1, 0.15) is 0 Å². The number of nitrogens with zero attached hydrogens (tertiary/aromatic N) is 1. The number of nitriles is 1. The third-order valence-corrected chi connectivity index (χ3v) is 2.70. The monoisotopic (exact) mass is 333 g/mol. The van der Waals surface area contributed by atoms with Crippen LogP contribution in [0.4, 0.5) is 10.1 Å². The van der Waals surface area contributed by atoms with E-state index in [0.29, 0.717) is 0 Å². The molecule has 1 aromatic rings. The quantitative estimate of drug-likeness (QED) is 0.639. The van der Waals surface area contributed by atoms with Crippen LogP contribution in [0.25, 0.3) is 0 Å². The summed E-state index contributed by atoms with van der Waals surface area (Å²) in [4.78, 5) is 22.6. The van der Waals surface area contributed by atoms with Crippen LogP contribution in [-0.4, -0.2) is 18.4 Å². The molecular weight excluding hydrogens is 328 g/mol. The Hall–Kier alpha value is -1.65. The van der Waals surface area contributed by atoms with E-state index in [1.165, 1.54) is 0 Å². The van der Waals surface area contributed by atoms with Gasteiger partial charge in [-0.05, 0) is 28.1 Å². The van der Waals surface area contributed by atoms with Crippen molar-refractivity contribution in [1.82, 2.24) is 5.32 Å². The minimum Gasteiger partial charge on any atom is -0.335 e. The number of hydrogen-bond acceptors (Lipinski definition) is 3. The second-order valence-corrected chi connectivity index (χ2v) is 4.30. The molecular formula is C10H6BrClFN3O2. The van der Waals surface area contributed by atoms with Crippen LogP contribution in [-0.2, 0) is 9.59 Å². The van der Waals surface area contributed by atoms with Gasteiger partial charge in [-0.15, -0.1) is 0 Å². The first-order valence-corrected chi connectivity index (χ1v) is 5.73. The summed E-state index contributed by atoms with van der Waals surface area (Å²) < 4.78 is 13.1. The molecule has 5 nitrogen and oxygen atoms in total. The topological polar surface area (TPSA) is 82.0 Å². The van der Waals surface area contributed by atoms with E-state index in [-0.39, 0.29) is 21.7 Å². The van der Waals surface area contributed by atoms with Crippen molar-refractivity contribution in [2.24, 2.45) is 0 Å². The van der Waals surface area contributed by atoms with E-state index in [9.17, 15) is 14.0 Å². The summed E-state index contributed by atoms with van der Waals surface area (Å²) in [6.07, 6.45) is 0. The number of hydrogen-bond donors (Lipinski definition) is 2. The molecule has 0 aromatic heterocycles. The Morgan fingerprint density at radius 1 is 1.44 bits per heavy atom. The summed E-state index contributed by atoms with van der Waals surface area (Å²) >= 11 is 8.72. The third kappa shape index (κ3) is 3.68. The minimum atomic E-state index is -1.00. The molecule has 1 rings (SSSR count). The van der Waals surface area contributed by atoms with Crippen LogP contribution >= 0.6 is 27.5 Å². The molecule has 8 heteroatoms. The third-order valence-electron chi connectivity index (χ3n) is 1.78. The smallest absolute Gasteiger partial charge is 0.313 e. The Morgan fingerprint density at radius 3 is 2.67 bits per heavy atom. The molecule has 18 heavy (non-hydrogen) atoms. The maximum absolute atomic E-state index is 12.9. The summed E-state index contributed by atoms with van der Waals surface area (Å²) in [5, 5.41) is 12.5. The highest BCUT2D eigenvalue weighted by atomic mass is 79.9. The SMILES string of the molecule is N#CCNC(=O)C(=O)Nc1c(Cl)cc(F)cc1Br. The predicted molar refractivity (Wildman–Crippen MR) is 66.4 cm³/mol. The summed E-state index contributed by atoms with van der Waals surface area (Å²) in [6, 6.07) is 3.74. The molecule has 0 saturated heterocycles. The number of carbonyl (C=O) groups is 2. The first-order chi connectivity index (χ1) is 8.45. The largest absolute Gasteiger partial charge is 0.335 e. The van der Waals surface area contributed by atoms with E-state index >= 15 is 0 Å². The van der Waals surface area contributed by atoms with Crippen molar-refractivity contribution >= 4 is 45.0 Å². The molecule has 0 aliphatic carbocycles. The van der Waals surface area contributed by atoms with Crippen LogP contribution < -0.4 is 10.6 Å². The summed E-state index contributed by atoms with van der Waals surface area (Å²) in [5.74, 6) is -2.57. The molecule has 0 heterocycles. The Morgan fingerprint density at radius 2 is 2.11 bits per heavy atom. The van der Waals surface area contributed by atoms with Gasteiger partial charge in [0.1, 0.15) is 12.4 Å². The number of anilines is 1. The molecule has 0 spiro atoms. The number of carbonyl (C=O) groups excluding carboxylic acids is 2. The standard InChI is InChI=1S/C10H6BrClFN3O2/c11-6-3-5(13)4-7(12)8(6)16-10(18)9(17)15-2-1-14/h3-4H,2H2,(H,15,17)(H,16,18). The summed E-state index contributed by atoms with van der Waals surface area (Å²) in [6.45, 7) is -0.287. The fourth-order valence-corrected chi connectivity index (χ4v) is 1.93. The molecule has 2 amide bonds. The number of benzene rings is 1. The molecule has 2 N–H and O–H groups in total. The lowest BCUT2D eigenvalue weighted by atomic mass is 10.3. The Balaban J connectivity index is 2.83. The highest BCUT2D eigenvalue weighted by molar-refractivity contribution is 9.10. The van der Waals surface area contributed by atoms with Gasteiger partial charge in [0, 0.05) is 4.47 Å². The zero-order valence-corrected chi connectivity index (χ0v) is 11.1. The van der Waals surface area contributed by atoms with Gasteiger partial charge < -0.3 is 10.6 Å². The lowest BCUT2D eigenvalue weighted by molar-refractivity contribution is -0.136. The Bertz CT molecular complexity index is 521. The molecule has 0 aliphatic rings. The summed E-state index contributed by atoms with van der Waals surface area (Å²) in [5.41, 5.74) is 0.0789. The zero-order chi connectivity index (χ0) is 13.7. The zero-order valence-electron chi connectivity index (χ0n) is 8.76. The van der Waals surface area contributed by atoms with Gasteiger partial charge in [0.25, 0.3) is 0 Å². The van der Waals surface area contributed by atoms with Crippen molar-refractivity contribution in [3.63, 3.8) is 0 Å². The van der Waals surface area contributed by atoms with Crippen molar-refractivity contribution in [2.45, 2.75) is 0 Å². The van der Waals surface area contributed by atoms with Gasteiger partial charge in [0.2, 0.25) is 0 Å². The van der Waals surface area contributed by atoms with Crippen molar-refractivity contribution in [3.05, 3.63) is 27.4 Å².